The fourth-order valence-corrected chi connectivity index (χ4v) is 1.79. The maximum Gasteiger partial charge on any atom is 0.313 e. The van der Waals surface area contributed by atoms with E-state index in [0.29, 0.717) is 5.69 Å². The molecule has 0 aliphatic rings. The van der Waals surface area contributed by atoms with Gasteiger partial charge in [-0.2, -0.15) is 0 Å². The second kappa shape index (κ2) is 6.52. The number of hydrogen-bond donors (Lipinski definition) is 2. The third-order valence-corrected chi connectivity index (χ3v) is 3.15. The first-order valence-electron chi connectivity index (χ1n) is 6.84. The van der Waals surface area contributed by atoms with E-state index in [0.717, 1.165) is 5.56 Å². The molecule has 0 heterocycles. The van der Waals surface area contributed by atoms with Gasteiger partial charge in [-0.1, -0.05) is 39.0 Å². The minimum Gasteiger partial charge on any atom is -0.338 e. The predicted octanol–water partition coefficient (Wildman–Crippen LogP) is 2.02. The molecule has 0 aromatic heterocycles. The molecule has 2 N–H and O–H groups in total. The molecule has 0 radical (unpaired) electrons. The van der Waals surface area contributed by atoms with Crippen LogP contribution < -0.4 is 10.6 Å². The Hall–Kier alpha value is -2.17. The molecular weight excluding hydrogens is 268 g/mol. The summed E-state index contributed by atoms with van der Waals surface area (Å²) in [7, 11) is 0. The Balaban J connectivity index is 2.85. The van der Waals surface area contributed by atoms with Crippen molar-refractivity contribution in [3.63, 3.8) is 0 Å². The Morgan fingerprint density at radius 1 is 1.05 bits per heavy atom. The molecule has 5 heteroatoms. The van der Waals surface area contributed by atoms with Crippen LogP contribution in [0.3, 0.4) is 0 Å². The topological polar surface area (TPSA) is 75.3 Å². The third-order valence-electron chi connectivity index (χ3n) is 3.15. The molecule has 0 aliphatic carbocycles. The van der Waals surface area contributed by atoms with Crippen molar-refractivity contribution in [2.24, 2.45) is 0 Å². The molecular formula is C16H22N2O3. The van der Waals surface area contributed by atoms with E-state index in [1.54, 1.807) is 12.1 Å². The summed E-state index contributed by atoms with van der Waals surface area (Å²) in [5.74, 6) is -1.80. The highest BCUT2D eigenvalue weighted by Crippen LogP contribution is 2.29. The lowest BCUT2D eigenvalue weighted by atomic mass is 9.86. The van der Waals surface area contributed by atoms with Crippen LogP contribution in [0.4, 0.5) is 5.69 Å². The van der Waals surface area contributed by atoms with Gasteiger partial charge in [0.15, 0.2) is 5.78 Å². The SMILES string of the molecule is CC(=O)[C@H](C)NC(=O)C(=O)Nc1ccccc1C(C)(C)C. The van der Waals surface area contributed by atoms with E-state index in [1.165, 1.54) is 13.8 Å². The molecule has 0 spiro atoms. The summed E-state index contributed by atoms with van der Waals surface area (Å²) in [6, 6.07) is 6.65. The lowest BCUT2D eigenvalue weighted by molar-refractivity contribution is -0.137. The van der Waals surface area contributed by atoms with Gasteiger partial charge >= 0.3 is 11.8 Å². The fourth-order valence-electron chi connectivity index (χ4n) is 1.79. The minimum absolute atomic E-state index is 0.160. The highest BCUT2D eigenvalue weighted by Gasteiger charge is 2.22. The normalized spacial score (nSPS) is 12.4. The maximum absolute atomic E-state index is 11.9. The Morgan fingerprint density at radius 3 is 2.14 bits per heavy atom. The monoisotopic (exact) mass is 290 g/mol. The van der Waals surface area contributed by atoms with Crippen molar-refractivity contribution in [2.75, 3.05) is 5.32 Å². The van der Waals surface area contributed by atoms with Crippen molar-refractivity contribution in [3.05, 3.63) is 29.8 Å². The van der Waals surface area contributed by atoms with Gasteiger partial charge in [0.25, 0.3) is 0 Å². The zero-order valence-electron chi connectivity index (χ0n) is 13.1. The quantitative estimate of drug-likeness (QED) is 0.836. The highest BCUT2D eigenvalue weighted by molar-refractivity contribution is 6.40. The second-order valence-corrected chi connectivity index (χ2v) is 6.06. The first-order valence-corrected chi connectivity index (χ1v) is 6.84. The summed E-state index contributed by atoms with van der Waals surface area (Å²) < 4.78 is 0. The van der Waals surface area contributed by atoms with Crippen LogP contribution in [0.5, 0.6) is 0 Å². The molecule has 114 valence electrons. The minimum atomic E-state index is -0.818. The maximum atomic E-state index is 11.9. The summed E-state index contributed by atoms with van der Waals surface area (Å²) in [6.07, 6.45) is 0. The lowest BCUT2D eigenvalue weighted by Gasteiger charge is -2.23. The van der Waals surface area contributed by atoms with Crippen molar-refractivity contribution < 1.29 is 14.4 Å². The van der Waals surface area contributed by atoms with Gasteiger partial charge in [-0.15, -0.1) is 0 Å². The number of nitrogens with one attached hydrogen (secondary N) is 2. The number of Topliss-reactive ketones (excluding diaryl/α,β-unsaturated/α-hetero) is 1. The van der Waals surface area contributed by atoms with Gasteiger partial charge in [0.1, 0.15) is 0 Å². The van der Waals surface area contributed by atoms with Crippen LogP contribution in [-0.4, -0.2) is 23.6 Å². The summed E-state index contributed by atoms with van der Waals surface area (Å²) in [4.78, 5) is 34.8. The van der Waals surface area contributed by atoms with E-state index in [2.05, 4.69) is 10.6 Å². The van der Waals surface area contributed by atoms with Crippen LogP contribution in [0, 0.1) is 0 Å². The first-order chi connectivity index (χ1) is 9.62. The van der Waals surface area contributed by atoms with Crippen LogP contribution in [0.1, 0.15) is 40.2 Å². The Kier molecular flexibility index (Phi) is 5.24. The summed E-state index contributed by atoms with van der Waals surface area (Å²) in [6.45, 7) is 8.97. The molecule has 1 aromatic rings. The molecule has 1 atom stereocenters. The lowest BCUT2D eigenvalue weighted by Crippen LogP contribution is -2.43. The molecule has 1 aromatic carbocycles. The average molecular weight is 290 g/mol. The number of para-hydroxylation sites is 1. The van der Waals surface area contributed by atoms with E-state index >= 15 is 0 Å². The molecule has 0 saturated heterocycles. The summed E-state index contributed by atoms with van der Waals surface area (Å²) in [5.41, 5.74) is 1.37. The number of anilines is 1. The van der Waals surface area contributed by atoms with Gasteiger partial charge < -0.3 is 10.6 Å². The van der Waals surface area contributed by atoms with E-state index in [9.17, 15) is 14.4 Å². The predicted molar refractivity (Wildman–Crippen MR) is 82.1 cm³/mol. The molecule has 0 aliphatic heterocycles. The van der Waals surface area contributed by atoms with Crippen LogP contribution in [0.15, 0.2) is 24.3 Å². The zero-order valence-corrected chi connectivity index (χ0v) is 13.1. The first kappa shape index (κ1) is 16.9. The van der Waals surface area contributed by atoms with Gasteiger partial charge in [0.2, 0.25) is 0 Å². The van der Waals surface area contributed by atoms with E-state index in [1.807, 2.05) is 32.9 Å². The van der Waals surface area contributed by atoms with Crippen molar-refractivity contribution in [3.8, 4) is 0 Å². The van der Waals surface area contributed by atoms with Gasteiger partial charge in [0, 0.05) is 5.69 Å². The van der Waals surface area contributed by atoms with Gasteiger partial charge in [-0.05, 0) is 30.9 Å². The Labute approximate surface area is 125 Å². The molecule has 0 fully saturated rings. The van der Waals surface area contributed by atoms with Crippen LogP contribution in [0.2, 0.25) is 0 Å². The largest absolute Gasteiger partial charge is 0.338 e. The zero-order chi connectivity index (χ0) is 16.2. The number of hydrogen-bond acceptors (Lipinski definition) is 3. The highest BCUT2D eigenvalue weighted by atomic mass is 16.2. The third kappa shape index (κ3) is 4.70. The molecule has 5 nitrogen and oxygen atoms in total. The van der Waals surface area contributed by atoms with Gasteiger partial charge in [0.05, 0.1) is 6.04 Å². The molecule has 2 amide bonds. The Morgan fingerprint density at radius 2 is 1.62 bits per heavy atom. The number of benzene rings is 1. The van der Waals surface area contributed by atoms with Crippen molar-refractivity contribution in [1.29, 1.82) is 0 Å². The van der Waals surface area contributed by atoms with Gasteiger partial charge in [-0.3, -0.25) is 14.4 Å². The van der Waals surface area contributed by atoms with E-state index in [-0.39, 0.29) is 11.2 Å². The van der Waals surface area contributed by atoms with E-state index < -0.39 is 17.9 Å². The molecule has 0 saturated carbocycles. The number of rotatable bonds is 3. The summed E-state index contributed by atoms with van der Waals surface area (Å²) in [5, 5.41) is 4.96. The average Bonchev–Trinajstić information content (AvgIpc) is 2.37. The van der Waals surface area contributed by atoms with Crippen molar-refractivity contribution in [1.82, 2.24) is 5.32 Å². The van der Waals surface area contributed by atoms with Crippen LogP contribution in [-0.2, 0) is 19.8 Å². The molecule has 21 heavy (non-hydrogen) atoms. The smallest absolute Gasteiger partial charge is 0.313 e. The molecule has 1 rings (SSSR count). The molecule has 0 unspecified atom stereocenters. The van der Waals surface area contributed by atoms with Crippen LogP contribution >= 0.6 is 0 Å². The van der Waals surface area contributed by atoms with Crippen LogP contribution in [0.25, 0.3) is 0 Å². The van der Waals surface area contributed by atoms with Gasteiger partial charge in [-0.25, -0.2) is 0 Å². The number of carbonyl (C=O) groups excluding carboxylic acids is 3. The fraction of sp³-hybridized carbons (Fsp3) is 0.438. The number of ketones is 1. The van der Waals surface area contributed by atoms with E-state index in [4.69, 9.17) is 0 Å². The molecule has 0 bridgehead atoms. The van der Waals surface area contributed by atoms with Crippen molar-refractivity contribution >= 4 is 23.3 Å². The Bertz CT molecular complexity index is 559. The number of amides is 2. The summed E-state index contributed by atoms with van der Waals surface area (Å²) >= 11 is 0. The second-order valence-electron chi connectivity index (χ2n) is 6.06. The standard InChI is InChI=1S/C16H22N2O3/c1-10(11(2)19)17-14(20)15(21)18-13-9-7-6-8-12(13)16(3,4)5/h6-10H,1-5H3,(H,17,20)(H,18,21)/t10-/m0/s1. The number of carbonyl (C=O) groups is 3. The van der Waals surface area contributed by atoms with Crippen molar-refractivity contribution in [2.45, 2.75) is 46.1 Å².